The zero-order valence-corrected chi connectivity index (χ0v) is 11.4. The van der Waals surface area contributed by atoms with Crippen LogP contribution >= 0.6 is 0 Å². The molecule has 0 aromatic heterocycles. The summed E-state index contributed by atoms with van der Waals surface area (Å²) in [6, 6.07) is 0.528. The molecular formula is C13H29NO2. The fraction of sp³-hybridized carbons (Fsp3) is 1.00. The van der Waals surface area contributed by atoms with Crippen molar-refractivity contribution in [2.45, 2.75) is 46.6 Å². The lowest BCUT2D eigenvalue weighted by Gasteiger charge is -2.26. The summed E-state index contributed by atoms with van der Waals surface area (Å²) in [5.74, 6) is 0.718. The molecule has 0 spiro atoms. The summed E-state index contributed by atoms with van der Waals surface area (Å²) in [6.45, 7) is 12.7. The van der Waals surface area contributed by atoms with E-state index in [4.69, 9.17) is 9.84 Å². The third-order valence-corrected chi connectivity index (χ3v) is 2.70. The van der Waals surface area contributed by atoms with Crippen molar-refractivity contribution in [1.29, 1.82) is 0 Å². The van der Waals surface area contributed by atoms with Gasteiger partial charge >= 0.3 is 0 Å². The van der Waals surface area contributed by atoms with Gasteiger partial charge < -0.3 is 9.84 Å². The maximum Gasteiger partial charge on any atom is 0.0593 e. The van der Waals surface area contributed by atoms with Crippen LogP contribution in [0.1, 0.15) is 40.5 Å². The number of ether oxygens (including phenoxy) is 1. The lowest BCUT2D eigenvalue weighted by molar-refractivity contribution is 0.0831. The van der Waals surface area contributed by atoms with Crippen molar-refractivity contribution in [3.8, 4) is 0 Å². The number of hydrogen-bond acceptors (Lipinski definition) is 3. The summed E-state index contributed by atoms with van der Waals surface area (Å²) in [7, 11) is 0. The standard InChI is InChI=1S/C13H29NO2/c1-12(2)6-10-16-11-8-14(13(3)4)7-5-9-15/h12-13,15H,5-11H2,1-4H3. The molecule has 0 amide bonds. The van der Waals surface area contributed by atoms with E-state index in [2.05, 4.69) is 32.6 Å². The smallest absolute Gasteiger partial charge is 0.0593 e. The van der Waals surface area contributed by atoms with E-state index in [-0.39, 0.29) is 6.61 Å². The Morgan fingerprint density at radius 3 is 2.25 bits per heavy atom. The molecule has 0 saturated carbocycles. The second-order valence-electron chi connectivity index (χ2n) is 5.00. The molecule has 98 valence electrons. The Morgan fingerprint density at radius 2 is 1.75 bits per heavy atom. The van der Waals surface area contributed by atoms with E-state index in [9.17, 15) is 0 Å². The van der Waals surface area contributed by atoms with Crippen molar-refractivity contribution in [3.05, 3.63) is 0 Å². The molecule has 0 heterocycles. The second-order valence-corrected chi connectivity index (χ2v) is 5.00. The fourth-order valence-electron chi connectivity index (χ4n) is 1.50. The normalized spacial score (nSPS) is 12.0. The van der Waals surface area contributed by atoms with E-state index in [1.807, 2.05) is 0 Å². The van der Waals surface area contributed by atoms with E-state index >= 15 is 0 Å². The van der Waals surface area contributed by atoms with Crippen LogP contribution in [-0.4, -0.2) is 49.0 Å². The first kappa shape index (κ1) is 15.9. The van der Waals surface area contributed by atoms with Crippen molar-refractivity contribution >= 4 is 0 Å². The van der Waals surface area contributed by atoms with Gasteiger partial charge in [-0.1, -0.05) is 13.8 Å². The van der Waals surface area contributed by atoms with Gasteiger partial charge in [0.25, 0.3) is 0 Å². The molecule has 0 saturated heterocycles. The highest BCUT2D eigenvalue weighted by molar-refractivity contribution is 4.62. The van der Waals surface area contributed by atoms with Crippen molar-refractivity contribution in [2.24, 2.45) is 5.92 Å². The van der Waals surface area contributed by atoms with E-state index < -0.39 is 0 Å². The van der Waals surface area contributed by atoms with Crippen LogP contribution in [0.3, 0.4) is 0 Å². The highest BCUT2D eigenvalue weighted by Crippen LogP contribution is 2.01. The Kier molecular flexibility index (Phi) is 9.99. The molecular weight excluding hydrogens is 202 g/mol. The molecule has 16 heavy (non-hydrogen) atoms. The Bertz CT molecular complexity index is 149. The van der Waals surface area contributed by atoms with E-state index in [1.165, 1.54) is 0 Å². The highest BCUT2D eigenvalue weighted by atomic mass is 16.5. The van der Waals surface area contributed by atoms with Gasteiger partial charge in [-0.05, 0) is 32.6 Å². The van der Waals surface area contributed by atoms with Gasteiger partial charge in [0.2, 0.25) is 0 Å². The Labute approximate surface area is 101 Å². The quantitative estimate of drug-likeness (QED) is 0.585. The van der Waals surface area contributed by atoms with Crippen LogP contribution < -0.4 is 0 Å². The third-order valence-electron chi connectivity index (χ3n) is 2.70. The van der Waals surface area contributed by atoms with Gasteiger partial charge in [-0.15, -0.1) is 0 Å². The van der Waals surface area contributed by atoms with Gasteiger partial charge in [-0.2, -0.15) is 0 Å². The predicted octanol–water partition coefficient (Wildman–Crippen LogP) is 2.14. The second kappa shape index (κ2) is 10.1. The van der Waals surface area contributed by atoms with Gasteiger partial charge in [-0.3, -0.25) is 4.90 Å². The zero-order chi connectivity index (χ0) is 12.4. The van der Waals surface area contributed by atoms with Crippen LogP contribution in [0.2, 0.25) is 0 Å². The average molecular weight is 231 g/mol. The van der Waals surface area contributed by atoms with Crippen molar-refractivity contribution in [2.75, 3.05) is 32.9 Å². The maximum absolute atomic E-state index is 8.81. The minimum Gasteiger partial charge on any atom is -0.396 e. The molecule has 0 atom stereocenters. The maximum atomic E-state index is 8.81. The molecule has 0 aliphatic rings. The fourth-order valence-corrected chi connectivity index (χ4v) is 1.50. The molecule has 0 fully saturated rings. The van der Waals surface area contributed by atoms with Crippen molar-refractivity contribution < 1.29 is 9.84 Å². The Balaban J connectivity index is 3.52. The summed E-state index contributed by atoms with van der Waals surface area (Å²) in [5.41, 5.74) is 0. The number of aliphatic hydroxyl groups excluding tert-OH is 1. The molecule has 0 rings (SSSR count). The topological polar surface area (TPSA) is 32.7 Å². The summed E-state index contributed by atoms with van der Waals surface area (Å²) in [6.07, 6.45) is 1.99. The third kappa shape index (κ3) is 9.13. The molecule has 3 heteroatoms. The molecule has 0 aromatic carbocycles. The van der Waals surface area contributed by atoms with Crippen molar-refractivity contribution in [1.82, 2.24) is 4.90 Å². The van der Waals surface area contributed by atoms with Crippen LogP contribution in [0, 0.1) is 5.92 Å². The molecule has 0 aliphatic carbocycles. The molecule has 0 aromatic rings. The summed E-state index contributed by atoms with van der Waals surface area (Å²) < 4.78 is 5.60. The predicted molar refractivity (Wildman–Crippen MR) is 68.7 cm³/mol. The van der Waals surface area contributed by atoms with Gasteiger partial charge in [0.1, 0.15) is 0 Å². The highest BCUT2D eigenvalue weighted by Gasteiger charge is 2.08. The van der Waals surface area contributed by atoms with Crippen LogP contribution in [-0.2, 0) is 4.74 Å². The molecule has 1 N–H and O–H groups in total. The summed E-state index contributed by atoms with van der Waals surface area (Å²) in [4.78, 5) is 2.35. The Hall–Kier alpha value is -0.120. The van der Waals surface area contributed by atoms with E-state index in [1.54, 1.807) is 0 Å². The van der Waals surface area contributed by atoms with Gasteiger partial charge in [0, 0.05) is 32.3 Å². The monoisotopic (exact) mass is 231 g/mol. The van der Waals surface area contributed by atoms with Gasteiger partial charge in [0.05, 0.1) is 6.61 Å². The molecule has 0 aliphatic heterocycles. The first-order chi connectivity index (χ1) is 7.57. The molecule has 3 nitrogen and oxygen atoms in total. The molecule has 0 unspecified atom stereocenters. The van der Waals surface area contributed by atoms with Crippen LogP contribution in [0.4, 0.5) is 0 Å². The Morgan fingerprint density at radius 1 is 1.06 bits per heavy atom. The first-order valence-electron chi connectivity index (χ1n) is 6.50. The minimum atomic E-state index is 0.275. The largest absolute Gasteiger partial charge is 0.396 e. The average Bonchev–Trinajstić information content (AvgIpc) is 2.21. The van der Waals surface area contributed by atoms with Crippen LogP contribution in [0.5, 0.6) is 0 Å². The first-order valence-corrected chi connectivity index (χ1v) is 6.50. The number of aliphatic hydroxyl groups is 1. The molecule has 0 bridgehead atoms. The minimum absolute atomic E-state index is 0.275. The number of rotatable bonds is 10. The van der Waals surface area contributed by atoms with Crippen LogP contribution in [0.25, 0.3) is 0 Å². The van der Waals surface area contributed by atoms with Gasteiger partial charge in [0.15, 0.2) is 0 Å². The molecule has 0 radical (unpaired) electrons. The summed E-state index contributed by atoms with van der Waals surface area (Å²) in [5, 5.41) is 8.81. The van der Waals surface area contributed by atoms with Crippen LogP contribution in [0.15, 0.2) is 0 Å². The lowest BCUT2D eigenvalue weighted by atomic mass is 10.1. The van der Waals surface area contributed by atoms with E-state index in [0.29, 0.717) is 6.04 Å². The summed E-state index contributed by atoms with van der Waals surface area (Å²) >= 11 is 0. The van der Waals surface area contributed by atoms with Gasteiger partial charge in [-0.25, -0.2) is 0 Å². The zero-order valence-electron chi connectivity index (χ0n) is 11.4. The SMILES string of the molecule is CC(C)CCOCCN(CCCO)C(C)C. The van der Waals surface area contributed by atoms with E-state index in [0.717, 1.165) is 45.1 Å². The number of hydrogen-bond donors (Lipinski definition) is 1. The number of nitrogens with zero attached hydrogens (tertiary/aromatic N) is 1. The lowest BCUT2D eigenvalue weighted by Crippen LogP contribution is -2.35. The van der Waals surface area contributed by atoms with Crippen molar-refractivity contribution in [3.63, 3.8) is 0 Å².